The summed E-state index contributed by atoms with van der Waals surface area (Å²) in [5.41, 5.74) is 1.96. The van der Waals surface area contributed by atoms with Crippen LogP contribution < -0.4 is 15.2 Å². The van der Waals surface area contributed by atoms with E-state index in [4.69, 9.17) is 14.6 Å². The number of methoxy groups -OCH3 is 1. The van der Waals surface area contributed by atoms with Crippen molar-refractivity contribution in [1.82, 2.24) is 14.5 Å². The van der Waals surface area contributed by atoms with Crippen molar-refractivity contribution >= 4 is 24.0 Å². The van der Waals surface area contributed by atoms with Crippen LogP contribution in [0.5, 0.6) is 11.5 Å². The summed E-state index contributed by atoms with van der Waals surface area (Å²) in [6.45, 7) is 3.99. The number of carbonyl (C=O) groups is 2. The maximum atomic E-state index is 13.8. The Morgan fingerprint density at radius 3 is 1.95 bits per heavy atom. The first-order valence-corrected chi connectivity index (χ1v) is 13.4. The van der Waals surface area contributed by atoms with Crippen molar-refractivity contribution in [1.29, 1.82) is 0 Å². The van der Waals surface area contributed by atoms with Crippen molar-refractivity contribution in [3.63, 3.8) is 0 Å². The van der Waals surface area contributed by atoms with Gasteiger partial charge in [-0.15, -0.1) is 0 Å². The summed E-state index contributed by atoms with van der Waals surface area (Å²) in [6.07, 6.45) is 0. The van der Waals surface area contributed by atoms with Crippen LogP contribution in [0.4, 0.5) is 11.6 Å². The van der Waals surface area contributed by atoms with Crippen molar-refractivity contribution in [2.75, 3.05) is 25.6 Å². The number of anilines is 2. The lowest BCUT2D eigenvalue weighted by Crippen LogP contribution is -2.50. The largest absolute Gasteiger partial charge is 0.501 e. The smallest absolute Gasteiger partial charge is 0.317 e. The SMILES string of the molecule is COc1ccc(N(C)c2nc(=O)c(O)c3n2[C@@H](C(c2ccccc2)c2ccccc2)CN(C(C)C)C3=O)cc1.O=CO. The van der Waals surface area contributed by atoms with Gasteiger partial charge in [-0.2, -0.15) is 4.98 Å². The number of hydrogen-bond acceptors (Lipinski definition) is 7. The second-order valence-corrected chi connectivity index (χ2v) is 10.1. The van der Waals surface area contributed by atoms with Gasteiger partial charge in [0.05, 0.1) is 13.2 Å². The molecule has 218 valence electrons. The molecular weight excluding hydrogens is 536 g/mol. The Labute approximate surface area is 244 Å². The molecule has 5 rings (SSSR count). The molecule has 1 atom stereocenters. The molecule has 0 radical (unpaired) electrons. The van der Waals surface area contributed by atoms with Crippen LogP contribution in [-0.4, -0.2) is 63.8 Å². The number of aromatic hydroxyl groups is 1. The van der Waals surface area contributed by atoms with E-state index in [9.17, 15) is 14.7 Å². The van der Waals surface area contributed by atoms with Crippen LogP contribution in [0.2, 0.25) is 0 Å². The molecule has 0 fully saturated rings. The van der Waals surface area contributed by atoms with E-state index in [0.717, 1.165) is 16.8 Å². The monoisotopic (exact) mass is 570 g/mol. The molecule has 0 spiro atoms. The molecule has 1 aliphatic heterocycles. The Bertz CT molecular complexity index is 1530. The fourth-order valence-electron chi connectivity index (χ4n) is 5.35. The molecule has 10 heteroatoms. The molecule has 1 aliphatic rings. The number of benzene rings is 3. The molecule has 0 saturated heterocycles. The number of aromatic nitrogens is 2. The van der Waals surface area contributed by atoms with Gasteiger partial charge in [0.15, 0.2) is 5.69 Å². The summed E-state index contributed by atoms with van der Waals surface area (Å²) in [5.74, 6) is -0.271. The zero-order valence-corrected chi connectivity index (χ0v) is 23.9. The average Bonchev–Trinajstić information content (AvgIpc) is 3.00. The van der Waals surface area contributed by atoms with Crippen molar-refractivity contribution in [3.05, 3.63) is 112 Å². The number of ether oxygens (including phenoxy) is 1. The quantitative estimate of drug-likeness (QED) is 0.307. The lowest BCUT2D eigenvalue weighted by Gasteiger charge is -2.43. The molecular formula is C32H34N4O6. The van der Waals surface area contributed by atoms with E-state index in [1.54, 1.807) is 28.5 Å². The minimum absolute atomic E-state index is 0.0489. The second-order valence-electron chi connectivity index (χ2n) is 10.1. The Kier molecular flexibility index (Phi) is 9.26. The highest BCUT2D eigenvalue weighted by atomic mass is 16.5. The predicted octanol–water partition coefficient (Wildman–Crippen LogP) is 4.66. The van der Waals surface area contributed by atoms with Gasteiger partial charge in [0.25, 0.3) is 12.4 Å². The van der Waals surface area contributed by atoms with E-state index in [0.29, 0.717) is 12.3 Å². The Morgan fingerprint density at radius 2 is 1.48 bits per heavy atom. The van der Waals surface area contributed by atoms with E-state index < -0.39 is 17.2 Å². The van der Waals surface area contributed by atoms with Crippen LogP contribution in [0.3, 0.4) is 0 Å². The third-order valence-corrected chi connectivity index (χ3v) is 7.35. The molecule has 0 unspecified atom stereocenters. The van der Waals surface area contributed by atoms with Crippen molar-refractivity contribution in [2.24, 2.45) is 0 Å². The normalized spacial score (nSPS) is 14.2. The lowest BCUT2D eigenvalue weighted by atomic mass is 9.83. The molecule has 42 heavy (non-hydrogen) atoms. The van der Waals surface area contributed by atoms with E-state index in [-0.39, 0.29) is 36.1 Å². The van der Waals surface area contributed by atoms with Gasteiger partial charge in [-0.05, 0) is 49.2 Å². The lowest BCUT2D eigenvalue weighted by molar-refractivity contribution is -0.122. The third kappa shape index (κ3) is 5.83. The summed E-state index contributed by atoms with van der Waals surface area (Å²) in [5, 5.41) is 17.9. The van der Waals surface area contributed by atoms with E-state index in [2.05, 4.69) is 29.2 Å². The minimum Gasteiger partial charge on any atom is -0.501 e. The summed E-state index contributed by atoms with van der Waals surface area (Å²) in [7, 11) is 3.39. The van der Waals surface area contributed by atoms with Gasteiger partial charge in [-0.25, -0.2) is 0 Å². The Morgan fingerprint density at radius 1 is 0.952 bits per heavy atom. The standard InChI is InChI=1S/C31H32N4O4.CH2O2/c1-20(2)34-19-25(26(21-11-7-5-8-12-21)22-13-9-6-10-14-22)35-27(30(34)38)28(36)29(37)32-31(35)33(3)23-15-17-24(39-4)18-16-23;2-1-3/h5-18,20,25-26,36H,19H2,1-4H3;1H,(H,2,3)/t25-;/m1./s1. The zero-order chi connectivity index (χ0) is 30.4. The van der Waals surface area contributed by atoms with Gasteiger partial charge < -0.3 is 24.7 Å². The van der Waals surface area contributed by atoms with Crippen LogP contribution in [0.25, 0.3) is 0 Å². The van der Waals surface area contributed by atoms with Gasteiger partial charge in [0.2, 0.25) is 11.7 Å². The zero-order valence-electron chi connectivity index (χ0n) is 23.9. The maximum Gasteiger partial charge on any atom is 0.317 e. The van der Waals surface area contributed by atoms with E-state index in [1.807, 2.05) is 74.5 Å². The van der Waals surface area contributed by atoms with Gasteiger partial charge in [-0.3, -0.25) is 19.0 Å². The molecule has 10 nitrogen and oxygen atoms in total. The first-order valence-electron chi connectivity index (χ1n) is 13.4. The third-order valence-electron chi connectivity index (χ3n) is 7.35. The average molecular weight is 571 g/mol. The summed E-state index contributed by atoms with van der Waals surface area (Å²) >= 11 is 0. The number of fused-ring (bicyclic) bond motifs is 1. The van der Waals surface area contributed by atoms with Gasteiger partial charge in [0, 0.05) is 31.2 Å². The van der Waals surface area contributed by atoms with Crippen molar-refractivity contribution < 1.29 is 24.5 Å². The Balaban J connectivity index is 0.00000129. The molecule has 2 N–H and O–H groups in total. The Hall–Kier alpha value is -5.12. The number of hydrogen-bond donors (Lipinski definition) is 2. The minimum atomic E-state index is -0.842. The molecule has 0 aliphatic carbocycles. The number of carbonyl (C=O) groups excluding carboxylic acids is 1. The summed E-state index contributed by atoms with van der Waals surface area (Å²) < 4.78 is 7.06. The first-order chi connectivity index (χ1) is 20.2. The van der Waals surface area contributed by atoms with Crippen LogP contribution in [0, 0.1) is 0 Å². The topological polar surface area (TPSA) is 125 Å². The number of amides is 1. The van der Waals surface area contributed by atoms with Crippen LogP contribution in [0.1, 0.15) is 47.4 Å². The highest BCUT2D eigenvalue weighted by molar-refractivity contribution is 5.96. The van der Waals surface area contributed by atoms with Crippen LogP contribution in [-0.2, 0) is 4.79 Å². The first kappa shape index (κ1) is 29.9. The molecule has 3 aromatic carbocycles. The molecule has 2 heterocycles. The number of nitrogens with zero attached hydrogens (tertiary/aromatic N) is 4. The summed E-state index contributed by atoms with van der Waals surface area (Å²) in [6, 6.07) is 27.0. The molecule has 1 aromatic heterocycles. The van der Waals surface area contributed by atoms with Gasteiger partial charge >= 0.3 is 5.56 Å². The molecule has 1 amide bonds. The fraction of sp³-hybridized carbons (Fsp3) is 0.250. The number of rotatable bonds is 7. The molecule has 0 bridgehead atoms. The van der Waals surface area contributed by atoms with Gasteiger partial charge in [-0.1, -0.05) is 60.7 Å². The van der Waals surface area contributed by atoms with Gasteiger partial charge in [0.1, 0.15) is 5.75 Å². The van der Waals surface area contributed by atoms with Crippen molar-refractivity contribution in [3.8, 4) is 11.5 Å². The van der Waals surface area contributed by atoms with Crippen LogP contribution in [0.15, 0.2) is 89.7 Å². The van der Waals surface area contributed by atoms with E-state index in [1.165, 1.54) is 0 Å². The second kappa shape index (κ2) is 13.0. The summed E-state index contributed by atoms with van der Waals surface area (Å²) in [4.78, 5) is 43.0. The predicted molar refractivity (Wildman–Crippen MR) is 160 cm³/mol. The maximum absolute atomic E-state index is 13.8. The fourth-order valence-corrected chi connectivity index (χ4v) is 5.35. The van der Waals surface area contributed by atoms with Crippen LogP contribution >= 0.6 is 0 Å². The number of carboxylic acid groups (broad SMARTS) is 1. The molecule has 0 saturated carbocycles. The van der Waals surface area contributed by atoms with Crippen molar-refractivity contribution in [2.45, 2.75) is 31.8 Å². The highest BCUT2D eigenvalue weighted by Gasteiger charge is 2.42. The highest BCUT2D eigenvalue weighted by Crippen LogP contribution is 2.43. The molecule has 4 aromatic rings. The van der Waals surface area contributed by atoms with E-state index >= 15 is 0 Å².